The minimum Gasteiger partial charge on any atom is -0.397 e. The first-order valence-corrected chi connectivity index (χ1v) is 6.61. The van der Waals surface area contributed by atoms with Crippen molar-refractivity contribution < 1.29 is 0 Å². The van der Waals surface area contributed by atoms with Crippen molar-refractivity contribution in [1.29, 1.82) is 0 Å². The first-order valence-electron chi connectivity index (χ1n) is 6.23. The van der Waals surface area contributed by atoms with E-state index in [0.29, 0.717) is 6.54 Å². The molecule has 1 aromatic heterocycles. The number of aromatic nitrogens is 1. The minimum absolute atomic E-state index is 0.250. The van der Waals surface area contributed by atoms with Crippen molar-refractivity contribution >= 4 is 17.3 Å². The molecule has 3 nitrogen and oxygen atoms in total. The summed E-state index contributed by atoms with van der Waals surface area (Å²) in [6.07, 6.45) is 1.77. The number of hydrogen-bond donors (Lipinski definition) is 1. The summed E-state index contributed by atoms with van der Waals surface area (Å²) in [5.74, 6) is 0. The Bertz CT molecular complexity index is 557. The molecular formula is C15H18ClN3. The number of anilines is 1. The van der Waals surface area contributed by atoms with E-state index in [0.717, 1.165) is 16.4 Å². The van der Waals surface area contributed by atoms with Gasteiger partial charge in [-0.15, -0.1) is 0 Å². The quantitative estimate of drug-likeness (QED) is 0.928. The predicted octanol–water partition coefficient (Wildman–Crippen LogP) is 3.51. The largest absolute Gasteiger partial charge is 0.397 e. The average Bonchev–Trinajstić information content (AvgIpc) is 2.40. The molecule has 0 spiro atoms. The molecule has 1 atom stereocenters. The summed E-state index contributed by atoms with van der Waals surface area (Å²) in [7, 11) is 2.06. The molecule has 0 saturated carbocycles. The Morgan fingerprint density at radius 2 is 2.11 bits per heavy atom. The van der Waals surface area contributed by atoms with E-state index in [9.17, 15) is 0 Å². The first kappa shape index (κ1) is 13.8. The maximum Gasteiger partial charge on any atom is 0.0772 e. The molecule has 2 aromatic rings. The van der Waals surface area contributed by atoms with E-state index >= 15 is 0 Å². The van der Waals surface area contributed by atoms with Crippen LogP contribution in [-0.2, 0) is 6.54 Å². The minimum atomic E-state index is 0.250. The summed E-state index contributed by atoms with van der Waals surface area (Å²) in [4.78, 5) is 6.52. The number of rotatable bonds is 4. The van der Waals surface area contributed by atoms with E-state index < -0.39 is 0 Å². The Morgan fingerprint density at radius 3 is 2.79 bits per heavy atom. The van der Waals surface area contributed by atoms with Gasteiger partial charge in [-0.2, -0.15) is 0 Å². The molecule has 2 N–H and O–H groups in total. The fraction of sp³-hybridized carbons (Fsp3) is 0.267. The predicted molar refractivity (Wildman–Crippen MR) is 80.0 cm³/mol. The van der Waals surface area contributed by atoms with Crippen LogP contribution in [-0.4, -0.2) is 16.9 Å². The summed E-state index contributed by atoms with van der Waals surface area (Å²) in [6.45, 7) is 2.85. The van der Waals surface area contributed by atoms with Crippen molar-refractivity contribution in [3.63, 3.8) is 0 Å². The van der Waals surface area contributed by atoms with Crippen molar-refractivity contribution in [2.75, 3.05) is 12.8 Å². The van der Waals surface area contributed by atoms with Crippen molar-refractivity contribution in [2.45, 2.75) is 19.5 Å². The summed E-state index contributed by atoms with van der Waals surface area (Å²) >= 11 is 6.03. The van der Waals surface area contributed by atoms with Crippen LogP contribution >= 0.6 is 11.6 Å². The number of benzene rings is 1. The highest BCUT2D eigenvalue weighted by atomic mass is 35.5. The summed E-state index contributed by atoms with van der Waals surface area (Å²) < 4.78 is 0. The Balaban J connectivity index is 2.12. The molecule has 1 aromatic carbocycles. The molecular weight excluding hydrogens is 258 g/mol. The van der Waals surface area contributed by atoms with Gasteiger partial charge in [0.25, 0.3) is 0 Å². The zero-order chi connectivity index (χ0) is 13.8. The Morgan fingerprint density at radius 1 is 1.32 bits per heavy atom. The van der Waals surface area contributed by atoms with E-state index in [-0.39, 0.29) is 6.04 Å². The zero-order valence-corrected chi connectivity index (χ0v) is 11.9. The fourth-order valence-corrected chi connectivity index (χ4v) is 2.18. The molecule has 2 rings (SSSR count). The number of hydrogen-bond acceptors (Lipinski definition) is 3. The third-order valence-electron chi connectivity index (χ3n) is 3.32. The van der Waals surface area contributed by atoms with Crippen LogP contribution < -0.4 is 5.73 Å². The fourth-order valence-electron chi connectivity index (χ4n) is 1.98. The monoisotopic (exact) mass is 275 g/mol. The van der Waals surface area contributed by atoms with Crippen LogP contribution in [0.2, 0.25) is 5.02 Å². The molecule has 0 fully saturated rings. The normalized spacial score (nSPS) is 12.6. The van der Waals surface area contributed by atoms with Crippen molar-refractivity contribution in [2.24, 2.45) is 0 Å². The van der Waals surface area contributed by atoms with Crippen LogP contribution in [0.15, 0.2) is 42.6 Å². The Labute approximate surface area is 119 Å². The molecule has 0 aliphatic carbocycles. The van der Waals surface area contributed by atoms with Crippen LogP contribution in [0.4, 0.5) is 5.69 Å². The molecule has 0 amide bonds. The molecule has 1 heterocycles. The lowest BCUT2D eigenvalue weighted by Gasteiger charge is -2.25. The van der Waals surface area contributed by atoms with Gasteiger partial charge in [-0.1, -0.05) is 23.7 Å². The summed E-state index contributed by atoms with van der Waals surface area (Å²) in [5, 5.41) is 0.759. The standard InChI is InChI=1S/C15H18ClN3/c1-11(12-5-3-6-13(16)9-12)19(2)10-15-14(17)7-4-8-18-15/h3-9,11H,10,17H2,1-2H3. The highest BCUT2D eigenvalue weighted by molar-refractivity contribution is 6.30. The van der Waals surface area contributed by atoms with Crippen LogP contribution in [0.1, 0.15) is 24.2 Å². The molecule has 0 radical (unpaired) electrons. The number of nitrogen functional groups attached to an aromatic ring is 1. The third-order valence-corrected chi connectivity index (χ3v) is 3.55. The summed E-state index contributed by atoms with van der Waals surface area (Å²) in [6, 6.07) is 11.9. The topological polar surface area (TPSA) is 42.2 Å². The number of pyridine rings is 1. The van der Waals surface area contributed by atoms with E-state index in [1.807, 2.05) is 30.3 Å². The van der Waals surface area contributed by atoms with Gasteiger partial charge in [-0.25, -0.2) is 0 Å². The molecule has 1 unspecified atom stereocenters. The molecule has 0 saturated heterocycles. The third kappa shape index (κ3) is 3.46. The zero-order valence-electron chi connectivity index (χ0n) is 11.2. The molecule has 4 heteroatoms. The van der Waals surface area contributed by atoms with Gasteiger partial charge in [0.15, 0.2) is 0 Å². The summed E-state index contributed by atoms with van der Waals surface area (Å²) in [5.41, 5.74) is 8.74. The van der Waals surface area contributed by atoms with Crippen molar-refractivity contribution in [3.8, 4) is 0 Å². The number of nitrogens with zero attached hydrogens (tertiary/aromatic N) is 2. The highest BCUT2D eigenvalue weighted by Crippen LogP contribution is 2.23. The van der Waals surface area contributed by atoms with Gasteiger partial charge in [0.1, 0.15) is 0 Å². The lowest BCUT2D eigenvalue weighted by molar-refractivity contribution is 0.250. The van der Waals surface area contributed by atoms with E-state index in [2.05, 4.69) is 29.9 Å². The molecule has 0 bridgehead atoms. The van der Waals surface area contributed by atoms with Gasteiger partial charge in [0.05, 0.1) is 11.4 Å². The lowest BCUT2D eigenvalue weighted by atomic mass is 10.1. The molecule has 100 valence electrons. The Hall–Kier alpha value is -1.58. The van der Waals surface area contributed by atoms with Crippen molar-refractivity contribution in [3.05, 3.63) is 58.9 Å². The maximum absolute atomic E-state index is 6.03. The SMILES string of the molecule is CC(c1cccc(Cl)c1)N(C)Cc1ncccc1N. The van der Waals surface area contributed by atoms with Crippen LogP contribution in [0.3, 0.4) is 0 Å². The first-order chi connectivity index (χ1) is 9.08. The second-order valence-electron chi connectivity index (χ2n) is 4.69. The second kappa shape index (κ2) is 6.04. The van der Waals surface area contributed by atoms with Crippen LogP contribution in [0.25, 0.3) is 0 Å². The number of nitrogens with two attached hydrogens (primary N) is 1. The van der Waals surface area contributed by atoms with E-state index in [1.54, 1.807) is 6.20 Å². The van der Waals surface area contributed by atoms with Crippen molar-refractivity contribution in [1.82, 2.24) is 9.88 Å². The van der Waals surface area contributed by atoms with E-state index in [1.165, 1.54) is 5.56 Å². The molecule has 0 aliphatic rings. The highest BCUT2D eigenvalue weighted by Gasteiger charge is 2.13. The number of halogens is 1. The Kier molecular flexibility index (Phi) is 4.40. The molecule has 19 heavy (non-hydrogen) atoms. The van der Waals surface area contributed by atoms with Gasteiger partial charge in [0, 0.05) is 23.8 Å². The van der Waals surface area contributed by atoms with E-state index in [4.69, 9.17) is 17.3 Å². The van der Waals surface area contributed by atoms with Gasteiger partial charge >= 0.3 is 0 Å². The maximum atomic E-state index is 6.03. The second-order valence-corrected chi connectivity index (χ2v) is 5.12. The smallest absolute Gasteiger partial charge is 0.0772 e. The van der Waals surface area contributed by atoms with Crippen LogP contribution in [0, 0.1) is 0 Å². The van der Waals surface area contributed by atoms with Gasteiger partial charge in [-0.3, -0.25) is 9.88 Å². The van der Waals surface area contributed by atoms with Gasteiger partial charge < -0.3 is 5.73 Å². The molecule has 0 aliphatic heterocycles. The van der Waals surface area contributed by atoms with Crippen LogP contribution in [0.5, 0.6) is 0 Å². The van der Waals surface area contributed by atoms with Gasteiger partial charge in [-0.05, 0) is 43.8 Å². The lowest BCUT2D eigenvalue weighted by Crippen LogP contribution is -2.23. The van der Waals surface area contributed by atoms with Gasteiger partial charge in [0.2, 0.25) is 0 Å². The average molecular weight is 276 g/mol.